The quantitative estimate of drug-likeness (QED) is 0.764. The summed E-state index contributed by atoms with van der Waals surface area (Å²) in [7, 11) is 0. The van der Waals surface area contributed by atoms with E-state index in [1.807, 2.05) is 53.4 Å². The standard InChI is InChI=1S/C22H25N3O3/c23-20(26)11-13-25(15-17-6-2-1-3-7-17)22(28)19-9-4-8-18(14-19)16-24-12-5-10-21(24)27/h1-4,6-9,14H,5,10-13,15-16H2,(H2,23,26). The van der Waals surface area contributed by atoms with Crippen LogP contribution in [0, 0.1) is 0 Å². The first-order valence-corrected chi connectivity index (χ1v) is 9.51. The van der Waals surface area contributed by atoms with E-state index in [4.69, 9.17) is 5.73 Å². The summed E-state index contributed by atoms with van der Waals surface area (Å²) < 4.78 is 0. The van der Waals surface area contributed by atoms with E-state index in [0.29, 0.717) is 25.1 Å². The Labute approximate surface area is 164 Å². The van der Waals surface area contributed by atoms with E-state index in [1.54, 1.807) is 11.0 Å². The maximum atomic E-state index is 13.1. The smallest absolute Gasteiger partial charge is 0.254 e. The SMILES string of the molecule is NC(=O)CCN(Cc1ccccc1)C(=O)c1cccc(CN2CCCC2=O)c1. The number of benzene rings is 2. The summed E-state index contributed by atoms with van der Waals surface area (Å²) >= 11 is 0. The molecule has 3 amide bonds. The summed E-state index contributed by atoms with van der Waals surface area (Å²) in [6.07, 6.45) is 1.59. The van der Waals surface area contributed by atoms with E-state index < -0.39 is 5.91 Å². The van der Waals surface area contributed by atoms with Crippen LogP contribution in [0.25, 0.3) is 0 Å². The molecule has 3 rings (SSSR count). The van der Waals surface area contributed by atoms with Crippen LogP contribution in [-0.4, -0.2) is 40.6 Å². The summed E-state index contributed by atoms with van der Waals surface area (Å²) in [5, 5.41) is 0. The molecule has 2 aromatic rings. The number of carbonyl (C=O) groups is 3. The Morgan fingerprint density at radius 1 is 1.04 bits per heavy atom. The van der Waals surface area contributed by atoms with Crippen molar-refractivity contribution in [2.45, 2.75) is 32.4 Å². The maximum Gasteiger partial charge on any atom is 0.254 e. The predicted octanol–water partition coefficient (Wildman–Crippen LogP) is 2.33. The van der Waals surface area contributed by atoms with E-state index in [2.05, 4.69) is 0 Å². The molecular formula is C22H25N3O3. The Bertz CT molecular complexity index is 851. The third kappa shape index (κ3) is 5.19. The van der Waals surface area contributed by atoms with Crippen LogP contribution < -0.4 is 5.73 Å². The Balaban J connectivity index is 1.76. The normalized spacial score (nSPS) is 13.6. The average molecular weight is 379 g/mol. The van der Waals surface area contributed by atoms with Crippen molar-refractivity contribution in [3.8, 4) is 0 Å². The van der Waals surface area contributed by atoms with Crippen LogP contribution >= 0.6 is 0 Å². The second-order valence-electron chi connectivity index (χ2n) is 7.05. The number of amides is 3. The highest BCUT2D eigenvalue weighted by atomic mass is 16.2. The molecule has 1 aliphatic heterocycles. The molecule has 28 heavy (non-hydrogen) atoms. The first-order chi connectivity index (χ1) is 13.5. The largest absolute Gasteiger partial charge is 0.370 e. The second kappa shape index (κ2) is 9.17. The van der Waals surface area contributed by atoms with Crippen molar-refractivity contribution in [1.82, 2.24) is 9.80 Å². The van der Waals surface area contributed by atoms with Gasteiger partial charge in [-0.3, -0.25) is 14.4 Å². The van der Waals surface area contributed by atoms with Crippen LogP contribution in [-0.2, 0) is 22.7 Å². The highest BCUT2D eigenvalue weighted by Gasteiger charge is 2.21. The lowest BCUT2D eigenvalue weighted by Gasteiger charge is -2.23. The van der Waals surface area contributed by atoms with Crippen LogP contribution in [0.15, 0.2) is 54.6 Å². The second-order valence-corrected chi connectivity index (χ2v) is 7.05. The van der Waals surface area contributed by atoms with Crippen molar-refractivity contribution >= 4 is 17.7 Å². The van der Waals surface area contributed by atoms with Gasteiger partial charge in [0.2, 0.25) is 11.8 Å². The van der Waals surface area contributed by atoms with E-state index in [0.717, 1.165) is 24.1 Å². The molecule has 6 heteroatoms. The van der Waals surface area contributed by atoms with Crippen molar-refractivity contribution < 1.29 is 14.4 Å². The van der Waals surface area contributed by atoms with Crippen LogP contribution in [0.4, 0.5) is 0 Å². The van der Waals surface area contributed by atoms with Gasteiger partial charge >= 0.3 is 0 Å². The van der Waals surface area contributed by atoms with Crippen LogP contribution in [0.5, 0.6) is 0 Å². The Hall–Kier alpha value is -3.15. The molecule has 0 aromatic heterocycles. The maximum absolute atomic E-state index is 13.1. The van der Waals surface area contributed by atoms with Gasteiger partial charge in [-0.1, -0.05) is 42.5 Å². The van der Waals surface area contributed by atoms with E-state index in [9.17, 15) is 14.4 Å². The number of nitrogens with zero attached hydrogens (tertiary/aromatic N) is 2. The molecule has 2 aromatic carbocycles. The zero-order valence-electron chi connectivity index (χ0n) is 15.8. The van der Waals surface area contributed by atoms with Crippen molar-refractivity contribution in [1.29, 1.82) is 0 Å². The van der Waals surface area contributed by atoms with E-state index in [1.165, 1.54) is 0 Å². The monoisotopic (exact) mass is 379 g/mol. The van der Waals surface area contributed by atoms with Gasteiger partial charge in [0.05, 0.1) is 0 Å². The first-order valence-electron chi connectivity index (χ1n) is 9.51. The molecule has 0 radical (unpaired) electrons. The molecular weight excluding hydrogens is 354 g/mol. The molecule has 1 heterocycles. The van der Waals surface area contributed by atoms with E-state index >= 15 is 0 Å². The minimum Gasteiger partial charge on any atom is -0.370 e. The zero-order chi connectivity index (χ0) is 19.9. The minimum atomic E-state index is -0.438. The molecule has 2 N–H and O–H groups in total. The molecule has 1 aliphatic rings. The van der Waals surface area contributed by atoms with Crippen molar-refractivity contribution in [3.63, 3.8) is 0 Å². The number of likely N-dealkylation sites (tertiary alicyclic amines) is 1. The van der Waals surface area contributed by atoms with Crippen molar-refractivity contribution in [2.24, 2.45) is 5.73 Å². The lowest BCUT2D eigenvalue weighted by Crippen LogP contribution is -2.33. The van der Waals surface area contributed by atoms with Gasteiger partial charge in [-0.2, -0.15) is 0 Å². The fraction of sp³-hybridized carbons (Fsp3) is 0.318. The van der Waals surface area contributed by atoms with Crippen molar-refractivity contribution in [3.05, 3.63) is 71.3 Å². The number of rotatable bonds is 8. The molecule has 146 valence electrons. The third-order valence-corrected chi connectivity index (χ3v) is 4.85. The minimum absolute atomic E-state index is 0.112. The average Bonchev–Trinajstić information content (AvgIpc) is 3.10. The zero-order valence-corrected chi connectivity index (χ0v) is 15.8. The Morgan fingerprint density at radius 2 is 1.79 bits per heavy atom. The first kappa shape index (κ1) is 19.6. The highest BCUT2D eigenvalue weighted by Crippen LogP contribution is 2.17. The number of hydrogen-bond donors (Lipinski definition) is 1. The van der Waals surface area contributed by atoms with Gasteiger partial charge in [0.25, 0.3) is 5.91 Å². The van der Waals surface area contributed by atoms with Crippen LogP contribution in [0.1, 0.15) is 40.7 Å². The summed E-state index contributed by atoms with van der Waals surface area (Å²) in [6, 6.07) is 17.0. The fourth-order valence-electron chi connectivity index (χ4n) is 3.38. The molecule has 0 aliphatic carbocycles. The lowest BCUT2D eigenvalue weighted by atomic mass is 10.1. The van der Waals surface area contributed by atoms with Crippen LogP contribution in [0.3, 0.4) is 0 Å². The number of primary amides is 1. The third-order valence-electron chi connectivity index (χ3n) is 4.85. The van der Waals surface area contributed by atoms with Gasteiger partial charge in [0.1, 0.15) is 0 Å². The number of nitrogens with two attached hydrogens (primary N) is 1. The number of carbonyl (C=O) groups excluding carboxylic acids is 3. The summed E-state index contributed by atoms with van der Waals surface area (Å²) in [5.74, 6) is -0.434. The molecule has 0 saturated carbocycles. The molecule has 1 fully saturated rings. The Morgan fingerprint density at radius 3 is 2.46 bits per heavy atom. The summed E-state index contributed by atoms with van der Waals surface area (Å²) in [6.45, 7) is 1.94. The topological polar surface area (TPSA) is 83.7 Å². The predicted molar refractivity (Wildman–Crippen MR) is 106 cm³/mol. The fourth-order valence-corrected chi connectivity index (χ4v) is 3.38. The summed E-state index contributed by atoms with van der Waals surface area (Å²) in [4.78, 5) is 39.7. The lowest BCUT2D eigenvalue weighted by molar-refractivity contribution is -0.128. The van der Waals surface area contributed by atoms with Crippen molar-refractivity contribution in [2.75, 3.05) is 13.1 Å². The van der Waals surface area contributed by atoms with E-state index in [-0.39, 0.29) is 24.8 Å². The molecule has 0 bridgehead atoms. The van der Waals surface area contributed by atoms with Gasteiger partial charge in [-0.15, -0.1) is 0 Å². The van der Waals surface area contributed by atoms with Gasteiger partial charge < -0.3 is 15.5 Å². The molecule has 1 saturated heterocycles. The summed E-state index contributed by atoms with van der Waals surface area (Å²) in [5.41, 5.74) is 7.74. The van der Waals surface area contributed by atoms with Gasteiger partial charge in [-0.05, 0) is 29.7 Å². The van der Waals surface area contributed by atoms with Gasteiger partial charge in [0, 0.05) is 44.6 Å². The van der Waals surface area contributed by atoms with Crippen LogP contribution in [0.2, 0.25) is 0 Å². The molecule has 0 atom stereocenters. The molecule has 0 spiro atoms. The van der Waals surface area contributed by atoms with Gasteiger partial charge in [-0.25, -0.2) is 0 Å². The molecule has 0 unspecified atom stereocenters. The molecule has 6 nitrogen and oxygen atoms in total. The Kier molecular flexibility index (Phi) is 6.42. The number of hydrogen-bond acceptors (Lipinski definition) is 3. The highest BCUT2D eigenvalue weighted by molar-refractivity contribution is 5.94. The van der Waals surface area contributed by atoms with Gasteiger partial charge in [0.15, 0.2) is 0 Å².